The summed E-state index contributed by atoms with van der Waals surface area (Å²) in [6.07, 6.45) is 4.51. The molecule has 5 fully saturated rings. The molecule has 1 heterocycles. The minimum absolute atomic E-state index is 0.0346. The molecule has 4 aliphatic carbocycles. The van der Waals surface area contributed by atoms with Gasteiger partial charge in [0.1, 0.15) is 28.9 Å². The number of carbonyl (C=O) groups excluding carboxylic acids is 4. The summed E-state index contributed by atoms with van der Waals surface area (Å²) in [6.45, 7) is 11.5. The maximum atomic E-state index is 13.8. The fourth-order valence-corrected chi connectivity index (χ4v) is 13.4. The van der Waals surface area contributed by atoms with Crippen molar-refractivity contribution in [2.24, 2.45) is 46.3 Å². The lowest BCUT2D eigenvalue weighted by Crippen LogP contribution is -2.60. The summed E-state index contributed by atoms with van der Waals surface area (Å²) < 4.78 is 89.8. The highest BCUT2D eigenvalue weighted by molar-refractivity contribution is 7.97. The molecule has 1 saturated heterocycles. The lowest BCUT2D eigenvalue weighted by atomic mass is 9.44. The van der Waals surface area contributed by atoms with Crippen molar-refractivity contribution in [3.63, 3.8) is 0 Å². The number of ether oxygens (including phenoxy) is 1. The summed E-state index contributed by atoms with van der Waals surface area (Å²) in [7, 11) is -6.05. The number of carbonyl (C=O) groups is 4. The summed E-state index contributed by atoms with van der Waals surface area (Å²) in [5, 5.41) is -5.84. The molecule has 14 heteroatoms. The van der Waals surface area contributed by atoms with Crippen LogP contribution < -0.4 is 0 Å². The zero-order valence-corrected chi connectivity index (χ0v) is 35.1. The number of alkyl halides is 4. The molecule has 4 saturated carbocycles. The van der Waals surface area contributed by atoms with Crippen LogP contribution in [0.1, 0.15) is 124 Å². The zero-order valence-electron chi connectivity index (χ0n) is 33.5. The van der Waals surface area contributed by atoms with E-state index in [2.05, 4.69) is 56.7 Å². The monoisotopic (exact) mass is 830 g/mol. The molecule has 5 aliphatic rings. The van der Waals surface area contributed by atoms with Gasteiger partial charge in [-0.25, -0.2) is 8.42 Å². The molecular formula is C42H58F4O8S2. The van der Waals surface area contributed by atoms with Crippen LogP contribution in [-0.2, 0) is 50.3 Å². The van der Waals surface area contributed by atoms with Gasteiger partial charge in [-0.05, 0) is 96.6 Å². The van der Waals surface area contributed by atoms with Crippen LogP contribution in [-0.4, -0.2) is 65.6 Å². The minimum atomic E-state index is -6.62. The Kier molecular flexibility index (Phi) is 13.1. The number of hydrogen-bond acceptors (Lipinski definition) is 8. The summed E-state index contributed by atoms with van der Waals surface area (Å²) in [4.78, 5) is 53.2. The first-order chi connectivity index (χ1) is 25.8. The number of benzene rings is 1. The van der Waals surface area contributed by atoms with Gasteiger partial charge in [-0.3, -0.25) is 19.2 Å². The van der Waals surface area contributed by atoms with Crippen LogP contribution in [0.15, 0.2) is 29.2 Å². The summed E-state index contributed by atoms with van der Waals surface area (Å²) >= 11 is 0. The van der Waals surface area contributed by atoms with Crippen LogP contribution in [0.2, 0.25) is 0 Å². The third-order valence-corrected chi connectivity index (χ3v) is 17.6. The largest absolute Gasteiger partial charge is 0.743 e. The Morgan fingerprint density at radius 1 is 0.964 bits per heavy atom. The SMILES string of the molecule is CC(C)(C)c1ccc([S+]2CCCC2)cc1.C[C@H](CCC(=O)OCCC(F)(F)C(F)(F)S(=O)(=O)[O-])[C@H]1CC[C@H]2[C@@H]3C(=O)CC4CC(=O)CC[C@]4(C)[C@H]3CC(=O)[C@]12C. The summed E-state index contributed by atoms with van der Waals surface area (Å²) in [5.41, 5.74) is 0.729. The molecule has 1 aromatic carbocycles. The number of fused-ring (bicyclic) bond motifs is 5. The Morgan fingerprint density at radius 2 is 1.59 bits per heavy atom. The van der Waals surface area contributed by atoms with E-state index in [0.717, 1.165) is 0 Å². The van der Waals surface area contributed by atoms with Gasteiger partial charge in [0, 0.05) is 54.3 Å². The maximum Gasteiger partial charge on any atom is 0.396 e. The first kappa shape index (κ1) is 44.8. The van der Waals surface area contributed by atoms with Crippen molar-refractivity contribution in [3.05, 3.63) is 29.8 Å². The number of halogens is 4. The second-order valence-electron chi connectivity index (χ2n) is 18.5. The van der Waals surface area contributed by atoms with Crippen LogP contribution in [0.3, 0.4) is 0 Å². The molecule has 8 atom stereocenters. The van der Waals surface area contributed by atoms with Crippen molar-refractivity contribution in [1.29, 1.82) is 0 Å². The second kappa shape index (κ2) is 16.4. The van der Waals surface area contributed by atoms with Gasteiger partial charge in [0.2, 0.25) is 0 Å². The normalized spacial score (nSPS) is 31.8. The molecule has 0 bridgehead atoms. The van der Waals surface area contributed by atoms with Crippen molar-refractivity contribution in [2.45, 2.75) is 140 Å². The van der Waals surface area contributed by atoms with Crippen molar-refractivity contribution < 1.29 is 54.4 Å². The van der Waals surface area contributed by atoms with Gasteiger partial charge >= 0.3 is 17.1 Å². The van der Waals surface area contributed by atoms with E-state index in [1.165, 1.54) is 29.9 Å². The third-order valence-electron chi connectivity index (χ3n) is 14.2. The van der Waals surface area contributed by atoms with E-state index in [1.54, 1.807) is 4.90 Å². The van der Waals surface area contributed by atoms with E-state index in [-0.39, 0.29) is 82.9 Å². The molecular weight excluding hydrogens is 773 g/mol. The van der Waals surface area contributed by atoms with Crippen molar-refractivity contribution >= 4 is 44.3 Å². The minimum Gasteiger partial charge on any atom is -0.743 e. The predicted molar refractivity (Wildman–Crippen MR) is 204 cm³/mol. The van der Waals surface area contributed by atoms with Gasteiger partial charge in [0.15, 0.2) is 15.0 Å². The zero-order chi connectivity index (χ0) is 41.6. The highest BCUT2D eigenvalue weighted by Crippen LogP contribution is 2.66. The van der Waals surface area contributed by atoms with E-state index in [9.17, 15) is 49.7 Å². The second-order valence-corrected chi connectivity index (χ2v) is 22.2. The van der Waals surface area contributed by atoms with E-state index in [1.807, 2.05) is 13.8 Å². The Morgan fingerprint density at radius 3 is 2.18 bits per heavy atom. The van der Waals surface area contributed by atoms with Gasteiger partial charge in [-0.1, -0.05) is 53.7 Å². The topological polar surface area (TPSA) is 135 Å². The maximum absolute atomic E-state index is 13.8. The lowest BCUT2D eigenvalue weighted by Gasteiger charge is -2.58. The van der Waals surface area contributed by atoms with Crippen molar-refractivity contribution in [1.82, 2.24) is 0 Å². The molecule has 56 heavy (non-hydrogen) atoms. The number of hydrogen-bond donors (Lipinski definition) is 0. The molecule has 0 aromatic heterocycles. The molecule has 1 aromatic rings. The fraction of sp³-hybridized carbons (Fsp3) is 0.762. The summed E-state index contributed by atoms with van der Waals surface area (Å²) in [5.74, 6) is -3.78. The van der Waals surface area contributed by atoms with Gasteiger partial charge in [-0.15, -0.1) is 0 Å². The number of Topliss-reactive ketones (excluding diaryl/α,β-unsaturated/α-hetero) is 3. The highest BCUT2D eigenvalue weighted by Gasteiger charge is 2.66. The van der Waals surface area contributed by atoms with Crippen LogP contribution in [0.4, 0.5) is 17.6 Å². The molecule has 8 nitrogen and oxygen atoms in total. The standard InChI is InChI=1S/C28H38F4O8S.C14H21S/c1-15(4-7-23(36)40-11-10-27(29,30)28(31,32)41(37,38)39)18-5-6-19-24-20(14-22(35)26(18,19)3)25(2)9-8-17(33)12-16(25)13-21(24)34;1-14(2,3)12-6-8-13(9-7-12)15-10-4-5-11-15/h15-16,18-20,24H,4-14H2,1-3H3,(H,37,38,39);6-9H,4-5,10-11H2,1-3H3/q;+1/p-1/t15-,16?,18-,19+,20+,24+,25+,26-;/m1./s1. The van der Waals surface area contributed by atoms with Crippen molar-refractivity contribution in [3.8, 4) is 0 Å². The van der Waals surface area contributed by atoms with Crippen LogP contribution >= 0.6 is 0 Å². The number of ketones is 3. The first-order valence-corrected chi connectivity index (χ1v) is 23.0. The van der Waals surface area contributed by atoms with Crippen LogP contribution in [0.5, 0.6) is 0 Å². The average molecular weight is 831 g/mol. The van der Waals surface area contributed by atoms with Crippen LogP contribution in [0, 0.1) is 46.3 Å². The first-order valence-electron chi connectivity index (χ1n) is 20.1. The molecule has 0 spiro atoms. The Hall–Kier alpha value is -2.32. The quantitative estimate of drug-likeness (QED) is 0.0993. The van der Waals surface area contributed by atoms with Gasteiger partial charge in [-0.2, -0.15) is 17.6 Å². The molecule has 1 aliphatic heterocycles. The Balaban J connectivity index is 0.000000332. The van der Waals surface area contributed by atoms with E-state index < -0.39 is 45.7 Å². The third kappa shape index (κ3) is 8.68. The molecule has 0 amide bonds. The van der Waals surface area contributed by atoms with Crippen LogP contribution in [0.25, 0.3) is 0 Å². The Bertz CT molecular complexity index is 1750. The van der Waals surface area contributed by atoms with Gasteiger partial charge in [0.25, 0.3) is 0 Å². The lowest BCUT2D eigenvalue weighted by molar-refractivity contribution is -0.175. The van der Waals surface area contributed by atoms with Gasteiger partial charge < -0.3 is 9.29 Å². The number of esters is 1. The smallest absolute Gasteiger partial charge is 0.396 e. The molecule has 6 rings (SSSR count). The fourth-order valence-electron chi connectivity index (χ4n) is 10.7. The molecule has 0 radical (unpaired) electrons. The molecule has 0 N–H and O–H groups in total. The van der Waals surface area contributed by atoms with Crippen molar-refractivity contribution in [2.75, 3.05) is 18.1 Å². The van der Waals surface area contributed by atoms with E-state index >= 15 is 0 Å². The molecule has 1 unspecified atom stereocenters. The molecule has 314 valence electrons. The van der Waals surface area contributed by atoms with Gasteiger partial charge in [0.05, 0.1) is 13.0 Å². The predicted octanol–water partition coefficient (Wildman–Crippen LogP) is 8.45. The number of rotatable bonds is 10. The Labute approximate surface area is 332 Å². The summed E-state index contributed by atoms with van der Waals surface area (Å²) in [6, 6.07) is 9.35. The highest BCUT2D eigenvalue weighted by atomic mass is 32.2. The average Bonchev–Trinajstić information content (AvgIpc) is 3.77. The van der Waals surface area contributed by atoms with E-state index in [4.69, 9.17) is 0 Å². The van der Waals surface area contributed by atoms with E-state index in [0.29, 0.717) is 49.4 Å².